The van der Waals surface area contributed by atoms with E-state index in [1.165, 1.54) is 30.5 Å². The van der Waals surface area contributed by atoms with Gasteiger partial charge in [0, 0.05) is 11.2 Å². The first-order valence-electron chi connectivity index (χ1n) is 5.29. The van der Waals surface area contributed by atoms with E-state index in [0.29, 0.717) is 10.6 Å². The number of hydrogen-bond donors (Lipinski definition) is 1. The molecule has 0 spiro atoms. The molecule has 19 heavy (non-hydrogen) atoms. The highest BCUT2D eigenvalue weighted by molar-refractivity contribution is 7.92. The molecule has 0 saturated heterocycles. The lowest BCUT2D eigenvalue weighted by Gasteiger charge is -2.10. The second kappa shape index (κ2) is 5.14. The lowest BCUT2D eigenvalue weighted by atomic mass is 10.2. The highest BCUT2D eigenvalue weighted by Crippen LogP contribution is 2.22. The Balaban J connectivity index is 2.41. The Morgan fingerprint density at radius 3 is 2.68 bits per heavy atom. The molecule has 0 aliphatic heterocycles. The number of aryl methyl sites for hydroxylation is 1. The first-order chi connectivity index (χ1) is 8.90. The molecule has 0 aliphatic carbocycles. The van der Waals surface area contributed by atoms with Crippen molar-refractivity contribution < 1.29 is 12.8 Å². The Morgan fingerprint density at radius 2 is 2.05 bits per heavy atom. The second-order valence-corrected chi connectivity index (χ2v) is 5.94. The number of pyridine rings is 1. The van der Waals surface area contributed by atoms with Crippen molar-refractivity contribution in [3.63, 3.8) is 0 Å². The van der Waals surface area contributed by atoms with Gasteiger partial charge in [0.05, 0.1) is 4.90 Å². The quantitative estimate of drug-likeness (QED) is 0.948. The summed E-state index contributed by atoms with van der Waals surface area (Å²) in [6.07, 6.45) is 1.30. The molecule has 0 saturated carbocycles. The minimum absolute atomic E-state index is 0.0296. The van der Waals surface area contributed by atoms with E-state index in [0.717, 1.165) is 6.07 Å². The molecule has 0 fully saturated rings. The second-order valence-electron chi connectivity index (χ2n) is 3.85. The van der Waals surface area contributed by atoms with Crippen LogP contribution >= 0.6 is 11.6 Å². The molecule has 7 heteroatoms. The zero-order valence-corrected chi connectivity index (χ0v) is 11.5. The van der Waals surface area contributed by atoms with Crippen LogP contribution in [0.2, 0.25) is 5.02 Å². The summed E-state index contributed by atoms with van der Waals surface area (Å²) in [6, 6.07) is 6.84. The molecule has 0 bridgehead atoms. The maximum absolute atomic E-state index is 13.4. The van der Waals surface area contributed by atoms with Gasteiger partial charge in [0.1, 0.15) is 0 Å². The molecule has 2 aromatic rings. The maximum atomic E-state index is 13.4. The summed E-state index contributed by atoms with van der Waals surface area (Å²) in [5.74, 6) is -1.07. The van der Waals surface area contributed by atoms with Crippen LogP contribution in [-0.2, 0) is 10.0 Å². The van der Waals surface area contributed by atoms with Gasteiger partial charge >= 0.3 is 0 Å². The molecule has 0 amide bonds. The summed E-state index contributed by atoms with van der Waals surface area (Å²) in [4.78, 5) is 3.67. The third kappa shape index (κ3) is 3.02. The fourth-order valence-electron chi connectivity index (χ4n) is 1.56. The summed E-state index contributed by atoms with van der Waals surface area (Å²) < 4.78 is 39.7. The van der Waals surface area contributed by atoms with Gasteiger partial charge in [0.2, 0.25) is 0 Å². The van der Waals surface area contributed by atoms with E-state index in [1.54, 1.807) is 6.92 Å². The van der Waals surface area contributed by atoms with Crippen LogP contribution in [0.25, 0.3) is 0 Å². The van der Waals surface area contributed by atoms with E-state index in [9.17, 15) is 12.8 Å². The highest BCUT2D eigenvalue weighted by Gasteiger charge is 2.19. The van der Waals surface area contributed by atoms with Gasteiger partial charge in [-0.2, -0.15) is 0 Å². The van der Waals surface area contributed by atoms with E-state index in [4.69, 9.17) is 11.6 Å². The molecule has 1 N–H and O–H groups in total. The normalized spacial score (nSPS) is 11.3. The molecule has 4 nitrogen and oxygen atoms in total. The summed E-state index contributed by atoms with van der Waals surface area (Å²) >= 11 is 5.76. The largest absolute Gasteiger partial charge is 0.263 e. The fourth-order valence-corrected chi connectivity index (χ4v) is 3.03. The van der Waals surface area contributed by atoms with E-state index in [1.807, 2.05) is 0 Å². The molecular formula is C12H10ClFN2O2S. The smallest absolute Gasteiger partial charge is 0.261 e. The Bertz CT molecular complexity index is 719. The average molecular weight is 301 g/mol. The van der Waals surface area contributed by atoms with Crippen molar-refractivity contribution in [1.29, 1.82) is 0 Å². The van der Waals surface area contributed by atoms with Gasteiger partial charge in [-0.3, -0.25) is 4.72 Å². The van der Waals surface area contributed by atoms with Crippen molar-refractivity contribution in [2.45, 2.75) is 11.8 Å². The van der Waals surface area contributed by atoms with Crippen LogP contribution in [0.4, 0.5) is 10.2 Å². The predicted octanol–water partition coefficient (Wildman–Crippen LogP) is 2.98. The lowest BCUT2D eigenvalue weighted by molar-refractivity contribution is 0.597. The average Bonchev–Trinajstić information content (AvgIpc) is 2.31. The first kappa shape index (κ1) is 13.8. The molecule has 0 radical (unpaired) electrons. The van der Waals surface area contributed by atoms with Crippen molar-refractivity contribution in [3.8, 4) is 0 Å². The van der Waals surface area contributed by atoms with Crippen LogP contribution in [0.3, 0.4) is 0 Å². The topological polar surface area (TPSA) is 59.1 Å². The summed E-state index contributed by atoms with van der Waals surface area (Å²) in [6.45, 7) is 1.61. The number of aromatic nitrogens is 1. The number of rotatable bonds is 3. The van der Waals surface area contributed by atoms with E-state index < -0.39 is 15.8 Å². The Kier molecular flexibility index (Phi) is 3.73. The van der Waals surface area contributed by atoms with Gasteiger partial charge in [-0.1, -0.05) is 11.6 Å². The fraction of sp³-hybridized carbons (Fsp3) is 0.0833. The number of anilines is 1. The maximum Gasteiger partial charge on any atom is 0.263 e. The monoisotopic (exact) mass is 300 g/mol. The van der Waals surface area contributed by atoms with Crippen molar-refractivity contribution in [1.82, 2.24) is 4.98 Å². The van der Waals surface area contributed by atoms with Gasteiger partial charge in [-0.15, -0.1) is 0 Å². The van der Waals surface area contributed by atoms with Crippen LogP contribution < -0.4 is 4.72 Å². The van der Waals surface area contributed by atoms with Crippen molar-refractivity contribution in [3.05, 3.63) is 52.9 Å². The van der Waals surface area contributed by atoms with E-state index in [2.05, 4.69) is 9.71 Å². The van der Waals surface area contributed by atoms with Crippen molar-refractivity contribution >= 4 is 27.4 Å². The summed E-state index contributed by atoms with van der Waals surface area (Å²) in [5.41, 5.74) is 0.469. The Morgan fingerprint density at radius 1 is 1.32 bits per heavy atom. The zero-order valence-electron chi connectivity index (χ0n) is 9.89. The SMILES string of the molecule is Cc1cc(Cl)ccc1S(=O)(=O)Nc1ncccc1F. The molecular weight excluding hydrogens is 291 g/mol. The third-order valence-corrected chi connectivity index (χ3v) is 4.15. The number of sulfonamides is 1. The van der Waals surface area contributed by atoms with Crippen LogP contribution in [0.15, 0.2) is 41.4 Å². The summed E-state index contributed by atoms with van der Waals surface area (Å²) in [5, 5.41) is 0.431. The number of hydrogen-bond acceptors (Lipinski definition) is 3. The summed E-state index contributed by atoms with van der Waals surface area (Å²) in [7, 11) is -3.89. The minimum Gasteiger partial charge on any atom is -0.261 e. The molecule has 1 aromatic carbocycles. The standard InChI is InChI=1S/C12H10ClFN2O2S/c1-8-7-9(13)4-5-11(8)19(17,18)16-12-10(14)3-2-6-15-12/h2-7H,1H3,(H,15,16). The van der Waals surface area contributed by atoms with E-state index in [-0.39, 0.29) is 10.7 Å². The molecule has 0 unspecified atom stereocenters. The van der Waals surface area contributed by atoms with Gasteiger partial charge < -0.3 is 0 Å². The number of nitrogens with zero attached hydrogens (tertiary/aromatic N) is 1. The predicted molar refractivity (Wildman–Crippen MR) is 71.2 cm³/mol. The lowest BCUT2D eigenvalue weighted by Crippen LogP contribution is -2.16. The van der Waals surface area contributed by atoms with Crippen LogP contribution in [-0.4, -0.2) is 13.4 Å². The van der Waals surface area contributed by atoms with Crippen LogP contribution in [0, 0.1) is 12.7 Å². The first-order valence-corrected chi connectivity index (χ1v) is 7.16. The molecule has 0 aliphatic rings. The minimum atomic E-state index is -3.89. The molecule has 0 atom stereocenters. The van der Waals surface area contributed by atoms with E-state index >= 15 is 0 Å². The van der Waals surface area contributed by atoms with Crippen molar-refractivity contribution in [2.24, 2.45) is 0 Å². The molecule has 1 aromatic heterocycles. The van der Waals surface area contributed by atoms with Gasteiger partial charge in [0.25, 0.3) is 10.0 Å². The number of nitrogens with one attached hydrogen (secondary N) is 1. The number of halogens is 2. The van der Waals surface area contributed by atoms with Gasteiger partial charge in [-0.25, -0.2) is 17.8 Å². The van der Waals surface area contributed by atoms with Crippen LogP contribution in [0.5, 0.6) is 0 Å². The Labute approximate surface area is 115 Å². The molecule has 1 heterocycles. The zero-order chi connectivity index (χ0) is 14.0. The van der Waals surface area contributed by atoms with Gasteiger partial charge in [0.15, 0.2) is 11.6 Å². The number of benzene rings is 1. The third-order valence-electron chi connectivity index (χ3n) is 2.42. The van der Waals surface area contributed by atoms with Crippen LogP contribution in [0.1, 0.15) is 5.56 Å². The van der Waals surface area contributed by atoms with Crippen molar-refractivity contribution in [2.75, 3.05) is 4.72 Å². The molecule has 2 rings (SSSR count). The highest BCUT2D eigenvalue weighted by atomic mass is 35.5. The molecule has 100 valence electrons. The Hall–Kier alpha value is -1.66. The van der Waals surface area contributed by atoms with Gasteiger partial charge in [-0.05, 0) is 42.8 Å².